The van der Waals surface area contributed by atoms with Gasteiger partial charge < -0.3 is 4.74 Å². The van der Waals surface area contributed by atoms with Gasteiger partial charge in [0.1, 0.15) is 10.4 Å². The van der Waals surface area contributed by atoms with Crippen LogP contribution in [0.4, 0.5) is 0 Å². The van der Waals surface area contributed by atoms with Gasteiger partial charge in [0.25, 0.3) is 0 Å². The maximum atomic E-state index is 5.17. The molecule has 3 heteroatoms. The van der Waals surface area contributed by atoms with Gasteiger partial charge in [-0.3, -0.25) is 0 Å². The molecule has 2 rings (SSSR count). The Morgan fingerprint density at radius 1 is 1.29 bits per heavy atom. The van der Waals surface area contributed by atoms with Crippen molar-refractivity contribution in [3.63, 3.8) is 0 Å². The molecule has 0 radical (unpaired) electrons. The number of rotatable bonds is 1. The van der Waals surface area contributed by atoms with E-state index in [1.807, 2.05) is 31.2 Å². The maximum absolute atomic E-state index is 5.17. The standard InChI is InChI=1S/C11H10BrNO/c1-7-5-8-6-9(14-2)3-4-10(8)11(12)13-7/h3-6H,1-2H3. The quantitative estimate of drug-likeness (QED) is 0.726. The van der Waals surface area contributed by atoms with E-state index in [-0.39, 0.29) is 0 Å². The molecule has 72 valence electrons. The Labute approximate surface area is 91.0 Å². The van der Waals surface area contributed by atoms with Crippen LogP contribution in [0.1, 0.15) is 5.69 Å². The second-order valence-corrected chi connectivity index (χ2v) is 3.89. The molecule has 0 aliphatic heterocycles. The molecular formula is C11H10BrNO. The van der Waals surface area contributed by atoms with Gasteiger partial charge in [0.05, 0.1) is 7.11 Å². The number of benzene rings is 1. The van der Waals surface area contributed by atoms with Crippen molar-refractivity contribution in [3.05, 3.63) is 34.6 Å². The Kier molecular flexibility index (Phi) is 2.42. The summed E-state index contributed by atoms with van der Waals surface area (Å²) in [6.45, 7) is 1.98. The molecule has 0 spiro atoms. The number of methoxy groups -OCH3 is 1. The average molecular weight is 252 g/mol. The number of aryl methyl sites for hydroxylation is 1. The van der Waals surface area contributed by atoms with E-state index < -0.39 is 0 Å². The fourth-order valence-corrected chi connectivity index (χ4v) is 2.09. The Hall–Kier alpha value is -1.09. The summed E-state index contributed by atoms with van der Waals surface area (Å²) in [6, 6.07) is 7.99. The molecule has 0 aliphatic carbocycles. The second kappa shape index (κ2) is 3.58. The summed E-state index contributed by atoms with van der Waals surface area (Å²) in [5.74, 6) is 0.870. The largest absolute Gasteiger partial charge is 0.497 e. The van der Waals surface area contributed by atoms with E-state index in [0.29, 0.717) is 0 Å². The van der Waals surface area contributed by atoms with Gasteiger partial charge in [-0.2, -0.15) is 0 Å². The molecule has 0 saturated carbocycles. The second-order valence-electron chi connectivity index (χ2n) is 3.14. The molecule has 1 aromatic carbocycles. The topological polar surface area (TPSA) is 22.1 Å². The van der Waals surface area contributed by atoms with Crippen LogP contribution < -0.4 is 4.74 Å². The van der Waals surface area contributed by atoms with Crippen LogP contribution in [-0.2, 0) is 0 Å². The molecule has 0 N–H and O–H groups in total. The summed E-state index contributed by atoms with van der Waals surface area (Å²) < 4.78 is 6.05. The molecule has 1 heterocycles. The molecule has 0 atom stereocenters. The fraction of sp³-hybridized carbons (Fsp3) is 0.182. The molecule has 0 saturated heterocycles. The number of halogens is 1. The first-order valence-corrected chi connectivity index (χ1v) is 5.11. The Morgan fingerprint density at radius 3 is 2.79 bits per heavy atom. The van der Waals surface area contributed by atoms with E-state index in [4.69, 9.17) is 4.74 Å². The van der Waals surface area contributed by atoms with Gasteiger partial charge in [0.15, 0.2) is 0 Å². The van der Waals surface area contributed by atoms with Crippen molar-refractivity contribution in [1.29, 1.82) is 0 Å². The lowest BCUT2D eigenvalue weighted by Crippen LogP contribution is -1.86. The summed E-state index contributed by atoms with van der Waals surface area (Å²) in [5, 5.41) is 2.25. The van der Waals surface area contributed by atoms with Gasteiger partial charge >= 0.3 is 0 Å². The third-order valence-electron chi connectivity index (χ3n) is 2.12. The summed E-state index contributed by atoms with van der Waals surface area (Å²) >= 11 is 3.44. The molecule has 0 fully saturated rings. The predicted molar refractivity (Wildman–Crippen MR) is 60.7 cm³/mol. The van der Waals surface area contributed by atoms with Crippen LogP contribution in [0, 0.1) is 6.92 Å². The van der Waals surface area contributed by atoms with E-state index in [2.05, 4.69) is 20.9 Å². The molecule has 0 aliphatic rings. The summed E-state index contributed by atoms with van der Waals surface area (Å²) in [5.41, 5.74) is 0.998. The summed E-state index contributed by atoms with van der Waals surface area (Å²) in [6.07, 6.45) is 0. The van der Waals surface area contributed by atoms with Crippen molar-refractivity contribution in [1.82, 2.24) is 4.98 Å². The minimum Gasteiger partial charge on any atom is -0.497 e. The zero-order valence-electron chi connectivity index (χ0n) is 8.04. The third kappa shape index (κ3) is 1.60. The predicted octanol–water partition coefficient (Wildman–Crippen LogP) is 3.31. The Morgan fingerprint density at radius 2 is 2.07 bits per heavy atom. The van der Waals surface area contributed by atoms with Gasteiger partial charge in [-0.25, -0.2) is 4.98 Å². The lowest BCUT2D eigenvalue weighted by atomic mass is 10.1. The highest BCUT2D eigenvalue weighted by molar-refractivity contribution is 9.10. The first kappa shape index (κ1) is 9.46. The highest BCUT2D eigenvalue weighted by atomic mass is 79.9. The first-order valence-electron chi connectivity index (χ1n) is 4.31. The van der Waals surface area contributed by atoms with Crippen LogP contribution in [-0.4, -0.2) is 12.1 Å². The van der Waals surface area contributed by atoms with E-state index in [9.17, 15) is 0 Å². The van der Waals surface area contributed by atoms with E-state index >= 15 is 0 Å². The van der Waals surface area contributed by atoms with Gasteiger partial charge in [-0.1, -0.05) is 0 Å². The number of hydrogen-bond acceptors (Lipinski definition) is 2. The molecular weight excluding hydrogens is 242 g/mol. The first-order chi connectivity index (χ1) is 6.70. The molecule has 0 amide bonds. The summed E-state index contributed by atoms with van der Waals surface area (Å²) in [7, 11) is 1.67. The summed E-state index contributed by atoms with van der Waals surface area (Å²) in [4.78, 5) is 4.33. The lowest BCUT2D eigenvalue weighted by molar-refractivity contribution is 0.415. The molecule has 2 nitrogen and oxygen atoms in total. The van der Waals surface area contributed by atoms with Crippen molar-refractivity contribution in [2.45, 2.75) is 6.92 Å². The third-order valence-corrected chi connectivity index (χ3v) is 2.72. The molecule has 1 aromatic heterocycles. The van der Waals surface area contributed by atoms with Crippen molar-refractivity contribution < 1.29 is 4.74 Å². The van der Waals surface area contributed by atoms with E-state index in [1.165, 1.54) is 0 Å². The van der Waals surface area contributed by atoms with Crippen molar-refractivity contribution in [2.75, 3.05) is 7.11 Å². The van der Waals surface area contributed by atoms with Crippen molar-refractivity contribution in [3.8, 4) is 5.75 Å². The zero-order valence-corrected chi connectivity index (χ0v) is 9.63. The Bertz CT molecular complexity index is 482. The van der Waals surface area contributed by atoms with Crippen molar-refractivity contribution in [2.24, 2.45) is 0 Å². The normalized spacial score (nSPS) is 10.5. The van der Waals surface area contributed by atoms with Crippen LogP contribution in [0.15, 0.2) is 28.9 Å². The van der Waals surface area contributed by atoms with Gasteiger partial charge in [0, 0.05) is 11.1 Å². The smallest absolute Gasteiger partial charge is 0.119 e. The maximum Gasteiger partial charge on any atom is 0.119 e. The fourth-order valence-electron chi connectivity index (χ4n) is 1.45. The Balaban J connectivity index is 2.75. The number of pyridine rings is 1. The number of fused-ring (bicyclic) bond motifs is 1. The zero-order chi connectivity index (χ0) is 10.1. The highest BCUT2D eigenvalue weighted by Gasteiger charge is 2.02. The van der Waals surface area contributed by atoms with Crippen LogP contribution in [0.3, 0.4) is 0 Å². The number of ether oxygens (including phenoxy) is 1. The van der Waals surface area contributed by atoms with Crippen LogP contribution >= 0.6 is 15.9 Å². The van der Waals surface area contributed by atoms with Gasteiger partial charge in [0.2, 0.25) is 0 Å². The van der Waals surface area contributed by atoms with Gasteiger partial charge in [-0.05, 0) is 52.5 Å². The number of nitrogens with zero attached hydrogens (tertiary/aromatic N) is 1. The molecule has 2 aromatic rings. The minimum atomic E-state index is 0.870. The number of hydrogen-bond donors (Lipinski definition) is 0. The lowest BCUT2D eigenvalue weighted by Gasteiger charge is -2.04. The van der Waals surface area contributed by atoms with Crippen LogP contribution in [0.5, 0.6) is 5.75 Å². The molecule has 0 bridgehead atoms. The molecule has 14 heavy (non-hydrogen) atoms. The number of aromatic nitrogens is 1. The SMILES string of the molecule is COc1ccc2c(Br)nc(C)cc2c1. The highest BCUT2D eigenvalue weighted by Crippen LogP contribution is 2.26. The minimum absolute atomic E-state index is 0.870. The molecule has 0 unspecified atom stereocenters. The van der Waals surface area contributed by atoms with Crippen LogP contribution in [0.25, 0.3) is 10.8 Å². The van der Waals surface area contributed by atoms with Gasteiger partial charge in [-0.15, -0.1) is 0 Å². The monoisotopic (exact) mass is 251 g/mol. The average Bonchev–Trinajstić information content (AvgIpc) is 2.16. The van der Waals surface area contributed by atoms with Crippen molar-refractivity contribution >= 4 is 26.7 Å². The van der Waals surface area contributed by atoms with Crippen LogP contribution in [0.2, 0.25) is 0 Å². The van der Waals surface area contributed by atoms with E-state index in [1.54, 1.807) is 7.11 Å². The van der Waals surface area contributed by atoms with E-state index in [0.717, 1.165) is 26.8 Å².